The number of nitrogens with zero attached hydrogens (tertiary/aromatic N) is 1. The zero-order chi connectivity index (χ0) is 17.1. The summed E-state index contributed by atoms with van der Waals surface area (Å²) in [4.78, 5) is -0.132. The predicted octanol–water partition coefficient (Wildman–Crippen LogP) is 3.26. The summed E-state index contributed by atoms with van der Waals surface area (Å²) in [6, 6.07) is 11.4. The fraction of sp³-hybridized carbons (Fsp3) is 0.0714. The summed E-state index contributed by atoms with van der Waals surface area (Å²) < 4.78 is 66.3. The maximum atomic E-state index is 12.2. The molecule has 0 atom stereocenters. The largest absolute Gasteiger partial charge is 0.573 e. The molecule has 23 heavy (non-hydrogen) atoms. The first kappa shape index (κ1) is 16.6. The third kappa shape index (κ3) is 4.62. The Bertz CT molecular complexity index is 841. The van der Waals surface area contributed by atoms with Crippen LogP contribution in [0.3, 0.4) is 0 Å². The molecular formula is C14H9F3N2O3S. The van der Waals surface area contributed by atoms with E-state index in [4.69, 9.17) is 5.26 Å². The van der Waals surface area contributed by atoms with Crippen LogP contribution in [0.2, 0.25) is 0 Å². The van der Waals surface area contributed by atoms with Crippen molar-refractivity contribution in [3.8, 4) is 11.8 Å². The average molecular weight is 342 g/mol. The van der Waals surface area contributed by atoms with Crippen molar-refractivity contribution in [2.75, 3.05) is 4.72 Å². The van der Waals surface area contributed by atoms with Crippen molar-refractivity contribution >= 4 is 15.7 Å². The molecule has 0 aliphatic rings. The monoisotopic (exact) mass is 342 g/mol. The summed E-state index contributed by atoms with van der Waals surface area (Å²) in [6.07, 6.45) is -4.82. The van der Waals surface area contributed by atoms with Gasteiger partial charge in [-0.3, -0.25) is 4.72 Å². The number of nitriles is 1. The highest BCUT2D eigenvalue weighted by atomic mass is 32.2. The van der Waals surface area contributed by atoms with Crippen LogP contribution in [0.4, 0.5) is 18.9 Å². The molecule has 0 amide bonds. The van der Waals surface area contributed by atoms with Gasteiger partial charge in [-0.05, 0) is 42.5 Å². The summed E-state index contributed by atoms with van der Waals surface area (Å²) in [5, 5.41) is 8.77. The van der Waals surface area contributed by atoms with Gasteiger partial charge >= 0.3 is 6.36 Å². The van der Waals surface area contributed by atoms with E-state index in [-0.39, 0.29) is 16.1 Å². The van der Waals surface area contributed by atoms with Crippen molar-refractivity contribution in [1.82, 2.24) is 0 Å². The van der Waals surface area contributed by atoms with Crippen molar-refractivity contribution in [3.05, 3.63) is 54.1 Å². The molecule has 0 aliphatic carbocycles. The number of sulfonamides is 1. The first-order valence-electron chi connectivity index (χ1n) is 6.08. The fourth-order valence-electron chi connectivity index (χ4n) is 1.67. The topological polar surface area (TPSA) is 79.2 Å². The second-order valence-electron chi connectivity index (χ2n) is 4.32. The Kier molecular flexibility index (Phi) is 4.47. The molecule has 9 heteroatoms. The van der Waals surface area contributed by atoms with Crippen LogP contribution in [-0.2, 0) is 10.0 Å². The molecule has 2 rings (SSSR count). The number of hydrogen-bond donors (Lipinski definition) is 1. The Morgan fingerprint density at radius 3 is 2.30 bits per heavy atom. The molecule has 0 fully saturated rings. The molecular weight excluding hydrogens is 333 g/mol. The van der Waals surface area contributed by atoms with Crippen LogP contribution in [0, 0.1) is 11.3 Å². The minimum Gasteiger partial charge on any atom is -0.406 e. The number of rotatable bonds is 4. The van der Waals surface area contributed by atoms with E-state index >= 15 is 0 Å². The van der Waals surface area contributed by atoms with Crippen LogP contribution in [-0.4, -0.2) is 14.8 Å². The number of alkyl halides is 3. The van der Waals surface area contributed by atoms with Crippen molar-refractivity contribution in [3.63, 3.8) is 0 Å². The number of ether oxygens (including phenoxy) is 1. The van der Waals surface area contributed by atoms with E-state index in [0.29, 0.717) is 0 Å². The molecule has 120 valence electrons. The van der Waals surface area contributed by atoms with Gasteiger partial charge in [0.15, 0.2) is 0 Å². The second kappa shape index (κ2) is 6.18. The molecule has 0 unspecified atom stereocenters. The quantitative estimate of drug-likeness (QED) is 0.925. The van der Waals surface area contributed by atoms with Gasteiger partial charge in [-0.15, -0.1) is 13.2 Å². The lowest BCUT2D eigenvalue weighted by Gasteiger charge is -2.11. The van der Waals surface area contributed by atoms with Gasteiger partial charge in [-0.25, -0.2) is 8.42 Å². The molecule has 0 bridgehead atoms. The summed E-state index contributed by atoms with van der Waals surface area (Å²) in [5.74, 6) is -0.466. The molecule has 1 N–H and O–H groups in total. The highest BCUT2D eigenvalue weighted by molar-refractivity contribution is 7.92. The van der Waals surface area contributed by atoms with Gasteiger partial charge in [0, 0.05) is 5.69 Å². The Balaban J connectivity index is 2.19. The van der Waals surface area contributed by atoms with Gasteiger partial charge in [0.25, 0.3) is 10.0 Å². The predicted molar refractivity (Wildman–Crippen MR) is 75.1 cm³/mol. The Labute approximate surface area is 130 Å². The van der Waals surface area contributed by atoms with Crippen LogP contribution in [0.5, 0.6) is 5.75 Å². The van der Waals surface area contributed by atoms with Crippen LogP contribution >= 0.6 is 0 Å². The van der Waals surface area contributed by atoms with Crippen molar-refractivity contribution < 1.29 is 26.3 Å². The van der Waals surface area contributed by atoms with Gasteiger partial charge in [0.05, 0.1) is 16.5 Å². The fourth-order valence-corrected chi connectivity index (χ4v) is 2.78. The molecule has 2 aromatic rings. The molecule has 0 aliphatic heterocycles. The third-order valence-corrected chi connectivity index (χ3v) is 3.99. The maximum absolute atomic E-state index is 12.2. The van der Waals surface area contributed by atoms with Gasteiger partial charge in [0.1, 0.15) is 5.75 Å². The summed E-state index contributed by atoms with van der Waals surface area (Å²) in [6.45, 7) is 0. The van der Waals surface area contributed by atoms with Gasteiger partial charge in [-0.2, -0.15) is 5.26 Å². The van der Waals surface area contributed by atoms with Crippen LogP contribution in [0.1, 0.15) is 5.56 Å². The lowest BCUT2D eigenvalue weighted by Crippen LogP contribution is -2.17. The molecule has 0 saturated carbocycles. The van der Waals surface area contributed by atoms with E-state index in [1.165, 1.54) is 24.3 Å². The standard InChI is InChI=1S/C14H9F3N2O3S/c15-14(16,17)22-12-6-4-11(5-7-12)19-23(20,21)13-3-1-2-10(8-13)9-18/h1-8,19H. The average Bonchev–Trinajstić information content (AvgIpc) is 2.48. The van der Waals surface area contributed by atoms with Gasteiger partial charge in [0.2, 0.25) is 0 Å². The molecule has 0 aromatic heterocycles. The zero-order valence-electron chi connectivity index (χ0n) is 11.3. The Morgan fingerprint density at radius 2 is 1.74 bits per heavy atom. The van der Waals surface area contributed by atoms with Crippen LogP contribution in [0.15, 0.2) is 53.4 Å². The first-order chi connectivity index (χ1) is 10.7. The SMILES string of the molecule is N#Cc1cccc(S(=O)(=O)Nc2ccc(OC(F)(F)F)cc2)c1. The molecule has 0 radical (unpaired) electrons. The van der Waals surface area contributed by atoms with Gasteiger partial charge < -0.3 is 4.74 Å². The molecule has 0 saturated heterocycles. The maximum Gasteiger partial charge on any atom is 0.573 e. The minimum absolute atomic E-state index is 0.0573. The number of anilines is 1. The summed E-state index contributed by atoms with van der Waals surface area (Å²) in [5.41, 5.74) is 0.226. The van der Waals surface area contributed by atoms with E-state index in [2.05, 4.69) is 9.46 Å². The van der Waals surface area contributed by atoms with Crippen molar-refractivity contribution in [1.29, 1.82) is 5.26 Å². The highest BCUT2D eigenvalue weighted by Gasteiger charge is 2.31. The third-order valence-electron chi connectivity index (χ3n) is 2.61. The van der Waals surface area contributed by atoms with E-state index in [1.807, 2.05) is 6.07 Å². The Hall–Kier alpha value is -2.73. The lowest BCUT2D eigenvalue weighted by atomic mass is 10.2. The summed E-state index contributed by atoms with van der Waals surface area (Å²) in [7, 11) is -3.96. The molecule has 0 heterocycles. The zero-order valence-corrected chi connectivity index (χ0v) is 12.1. The van der Waals surface area contributed by atoms with Crippen molar-refractivity contribution in [2.45, 2.75) is 11.3 Å². The highest BCUT2D eigenvalue weighted by Crippen LogP contribution is 2.25. The Morgan fingerprint density at radius 1 is 1.09 bits per heavy atom. The number of benzene rings is 2. The number of nitrogens with one attached hydrogen (secondary N) is 1. The number of halogens is 3. The lowest BCUT2D eigenvalue weighted by molar-refractivity contribution is -0.274. The van der Waals surface area contributed by atoms with E-state index in [0.717, 1.165) is 24.3 Å². The second-order valence-corrected chi connectivity index (χ2v) is 6.00. The van der Waals surface area contributed by atoms with E-state index < -0.39 is 22.1 Å². The minimum atomic E-state index is -4.82. The van der Waals surface area contributed by atoms with E-state index in [1.54, 1.807) is 0 Å². The van der Waals surface area contributed by atoms with E-state index in [9.17, 15) is 21.6 Å². The van der Waals surface area contributed by atoms with Crippen molar-refractivity contribution in [2.24, 2.45) is 0 Å². The van der Waals surface area contributed by atoms with Gasteiger partial charge in [-0.1, -0.05) is 6.07 Å². The first-order valence-corrected chi connectivity index (χ1v) is 7.57. The normalized spacial score (nSPS) is 11.6. The number of hydrogen-bond acceptors (Lipinski definition) is 4. The smallest absolute Gasteiger partial charge is 0.406 e. The molecule has 0 spiro atoms. The molecule has 5 nitrogen and oxygen atoms in total. The van der Waals surface area contributed by atoms with Crippen LogP contribution < -0.4 is 9.46 Å². The summed E-state index contributed by atoms with van der Waals surface area (Å²) >= 11 is 0. The van der Waals surface area contributed by atoms with Crippen LogP contribution in [0.25, 0.3) is 0 Å². The molecule has 2 aromatic carbocycles.